The maximum atomic E-state index is 12.6. The van der Waals surface area contributed by atoms with Crippen LogP contribution in [0, 0.1) is 0 Å². The van der Waals surface area contributed by atoms with E-state index in [4.69, 9.17) is 4.74 Å². The highest BCUT2D eigenvalue weighted by Crippen LogP contribution is 2.37. The van der Waals surface area contributed by atoms with Gasteiger partial charge in [-0.15, -0.1) is 11.8 Å². The molecule has 0 spiro atoms. The summed E-state index contributed by atoms with van der Waals surface area (Å²) in [6.07, 6.45) is 0. The fourth-order valence-corrected chi connectivity index (χ4v) is 4.81. The van der Waals surface area contributed by atoms with Crippen molar-refractivity contribution in [3.05, 3.63) is 48.0 Å². The molecule has 3 rings (SSSR count). The SMILES string of the molecule is COc1ccccc1CNC(=O)CN1C(=O)CSc2ccc(S(=O)(=O)N(C)C)cc21. The van der Waals surface area contributed by atoms with Crippen LogP contribution in [0.5, 0.6) is 5.75 Å². The summed E-state index contributed by atoms with van der Waals surface area (Å²) in [5, 5.41) is 2.79. The number of amides is 2. The van der Waals surface area contributed by atoms with Crippen LogP contribution in [-0.4, -0.2) is 58.0 Å². The average Bonchev–Trinajstić information content (AvgIpc) is 2.74. The normalized spacial score (nSPS) is 13.9. The predicted octanol–water partition coefficient (Wildman–Crippen LogP) is 1.70. The van der Waals surface area contributed by atoms with E-state index >= 15 is 0 Å². The van der Waals surface area contributed by atoms with Crippen LogP contribution in [0.4, 0.5) is 5.69 Å². The van der Waals surface area contributed by atoms with Gasteiger partial charge in [-0.3, -0.25) is 9.59 Å². The first kappa shape index (κ1) is 22.1. The lowest BCUT2D eigenvalue weighted by Crippen LogP contribution is -2.43. The molecule has 0 aliphatic carbocycles. The molecule has 10 heteroatoms. The highest BCUT2D eigenvalue weighted by atomic mass is 32.2. The first-order valence-corrected chi connectivity index (χ1v) is 11.5. The van der Waals surface area contributed by atoms with E-state index in [1.54, 1.807) is 19.2 Å². The van der Waals surface area contributed by atoms with Crippen molar-refractivity contribution in [2.75, 3.05) is 38.4 Å². The lowest BCUT2D eigenvalue weighted by molar-refractivity contribution is -0.123. The van der Waals surface area contributed by atoms with Gasteiger partial charge in [-0.2, -0.15) is 0 Å². The van der Waals surface area contributed by atoms with E-state index in [0.29, 0.717) is 11.4 Å². The highest BCUT2D eigenvalue weighted by Gasteiger charge is 2.29. The van der Waals surface area contributed by atoms with Crippen molar-refractivity contribution in [2.24, 2.45) is 0 Å². The number of nitrogens with one attached hydrogen (secondary N) is 1. The minimum Gasteiger partial charge on any atom is -0.496 e. The topological polar surface area (TPSA) is 96.0 Å². The van der Waals surface area contributed by atoms with Crippen LogP contribution in [0.2, 0.25) is 0 Å². The highest BCUT2D eigenvalue weighted by molar-refractivity contribution is 8.00. The molecule has 1 aliphatic rings. The van der Waals surface area contributed by atoms with Crippen molar-refractivity contribution < 1.29 is 22.7 Å². The van der Waals surface area contributed by atoms with Gasteiger partial charge in [0.05, 0.1) is 23.4 Å². The van der Waals surface area contributed by atoms with Gasteiger partial charge in [0.1, 0.15) is 12.3 Å². The van der Waals surface area contributed by atoms with Gasteiger partial charge in [0, 0.05) is 31.1 Å². The zero-order valence-corrected chi connectivity index (χ0v) is 18.5. The molecule has 8 nitrogen and oxygen atoms in total. The average molecular weight is 450 g/mol. The number of rotatable bonds is 7. The van der Waals surface area contributed by atoms with Gasteiger partial charge in [0.2, 0.25) is 21.8 Å². The molecule has 2 aromatic rings. The van der Waals surface area contributed by atoms with Gasteiger partial charge in [-0.05, 0) is 24.3 Å². The van der Waals surface area contributed by atoms with E-state index in [1.165, 1.54) is 42.9 Å². The number of para-hydroxylation sites is 1. The first-order chi connectivity index (χ1) is 14.2. The maximum Gasteiger partial charge on any atom is 0.242 e. The number of thioether (sulfide) groups is 1. The Bertz CT molecular complexity index is 1070. The van der Waals surface area contributed by atoms with Crippen molar-refractivity contribution in [2.45, 2.75) is 16.3 Å². The number of fused-ring (bicyclic) bond motifs is 1. The molecular formula is C20H23N3O5S2. The van der Waals surface area contributed by atoms with Crippen LogP contribution in [0.15, 0.2) is 52.3 Å². The molecular weight excluding hydrogens is 426 g/mol. The minimum atomic E-state index is -3.66. The molecule has 2 aromatic carbocycles. The van der Waals surface area contributed by atoms with Crippen LogP contribution in [0.3, 0.4) is 0 Å². The number of carbonyl (C=O) groups excluding carboxylic acids is 2. The Morgan fingerprint density at radius 3 is 2.67 bits per heavy atom. The van der Waals surface area contributed by atoms with Gasteiger partial charge < -0.3 is 15.0 Å². The van der Waals surface area contributed by atoms with Crippen LogP contribution < -0.4 is 15.0 Å². The molecule has 2 amide bonds. The number of methoxy groups -OCH3 is 1. The number of hydrogen-bond donors (Lipinski definition) is 1. The summed E-state index contributed by atoms with van der Waals surface area (Å²) in [5.74, 6) is 0.242. The molecule has 0 unspecified atom stereocenters. The Hall–Kier alpha value is -2.56. The smallest absolute Gasteiger partial charge is 0.242 e. The van der Waals surface area contributed by atoms with Gasteiger partial charge in [-0.1, -0.05) is 18.2 Å². The quantitative estimate of drug-likeness (QED) is 0.691. The molecule has 1 aliphatic heterocycles. The van der Waals surface area contributed by atoms with Gasteiger partial charge in [0.15, 0.2) is 0 Å². The second-order valence-electron chi connectivity index (χ2n) is 6.77. The second kappa shape index (κ2) is 9.07. The molecule has 0 saturated carbocycles. The number of ether oxygens (including phenoxy) is 1. The molecule has 0 fully saturated rings. The Labute approximate surface area is 180 Å². The molecule has 160 valence electrons. The van der Waals surface area contributed by atoms with E-state index in [9.17, 15) is 18.0 Å². The summed E-state index contributed by atoms with van der Waals surface area (Å²) in [4.78, 5) is 27.2. The molecule has 1 N–H and O–H groups in total. The largest absolute Gasteiger partial charge is 0.496 e. The fraction of sp³-hybridized carbons (Fsp3) is 0.300. The summed E-state index contributed by atoms with van der Waals surface area (Å²) in [7, 11) is 0.779. The number of anilines is 1. The number of hydrogen-bond acceptors (Lipinski definition) is 6. The van der Waals surface area contributed by atoms with Crippen LogP contribution in [0.1, 0.15) is 5.56 Å². The van der Waals surface area contributed by atoms with Gasteiger partial charge in [0.25, 0.3) is 0 Å². The minimum absolute atomic E-state index is 0.0704. The first-order valence-electron chi connectivity index (χ1n) is 9.12. The Kier molecular flexibility index (Phi) is 6.69. The van der Waals surface area contributed by atoms with E-state index in [1.807, 2.05) is 18.2 Å². The molecule has 0 bridgehead atoms. The van der Waals surface area contributed by atoms with Crippen molar-refractivity contribution >= 4 is 39.3 Å². The van der Waals surface area contributed by atoms with Gasteiger partial charge in [-0.25, -0.2) is 12.7 Å². The lowest BCUT2D eigenvalue weighted by Gasteiger charge is -2.29. The zero-order chi connectivity index (χ0) is 21.9. The van der Waals surface area contributed by atoms with Crippen molar-refractivity contribution in [3.8, 4) is 5.75 Å². The Morgan fingerprint density at radius 2 is 1.97 bits per heavy atom. The molecule has 1 heterocycles. The molecule has 0 aromatic heterocycles. The molecule has 0 saturated heterocycles. The van der Waals surface area contributed by atoms with E-state index < -0.39 is 10.0 Å². The summed E-state index contributed by atoms with van der Waals surface area (Å²) in [6, 6.07) is 12.0. The summed E-state index contributed by atoms with van der Waals surface area (Å²) in [5.41, 5.74) is 1.24. The predicted molar refractivity (Wildman–Crippen MR) is 115 cm³/mol. The number of carbonyl (C=O) groups is 2. The number of nitrogens with zero attached hydrogens (tertiary/aromatic N) is 2. The maximum absolute atomic E-state index is 12.6. The summed E-state index contributed by atoms with van der Waals surface area (Å²) >= 11 is 1.32. The van der Waals surface area contributed by atoms with Crippen LogP contribution >= 0.6 is 11.8 Å². The molecule has 0 radical (unpaired) electrons. The fourth-order valence-electron chi connectivity index (χ4n) is 2.97. The standard InChI is InChI=1S/C20H23N3O5S2/c1-22(2)30(26,27)15-8-9-18-16(10-15)23(20(25)13-29-18)12-19(24)21-11-14-6-4-5-7-17(14)28-3/h4-10H,11-13H2,1-3H3,(H,21,24). The monoisotopic (exact) mass is 449 g/mol. The number of sulfonamides is 1. The molecule has 30 heavy (non-hydrogen) atoms. The van der Waals surface area contributed by atoms with Crippen molar-refractivity contribution in [1.82, 2.24) is 9.62 Å². The Balaban J connectivity index is 1.79. The molecule has 0 atom stereocenters. The Morgan fingerprint density at radius 1 is 1.23 bits per heavy atom. The van der Waals surface area contributed by atoms with Crippen molar-refractivity contribution in [3.63, 3.8) is 0 Å². The zero-order valence-electron chi connectivity index (χ0n) is 16.9. The van der Waals surface area contributed by atoms with E-state index in [-0.39, 0.29) is 35.6 Å². The van der Waals surface area contributed by atoms with Crippen LogP contribution in [0.25, 0.3) is 0 Å². The lowest BCUT2D eigenvalue weighted by atomic mass is 10.2. The van der Waals surface area contributed by atoms with E-state index in [2.05, 4.69) is 5.32 Å². The summed E-state index contributed by atoms with van der Waals surface area (Å²) in [6.45, 7) is 0.0501. The van der Waals surface area contributed by atoms with Gasteiger partial charge >= 0.3 is 0 Å². The third-order valence-corrected chi connectivity index (χ3v) is 7.48. The second-order valence-corrected chi connectivity index (χ2v) is 9.94. The van der Waals surface area contributed by atoms with E-state index in [0.717, 1.165) is 14.8 Å². The van der Waals surface area contributed by atoms with Crippen LogP contribution in [-0.2, 0) is 26.2 Å². The summed E-state index contributed by atoms with van der Waals surface area (Å²) < 4.78 is 31.3. The third-order valence-electron chi connectivity index (χ3n) is 4.62. The number of benzene rings is 2. The third kappa shape index (κ3) is 4.61. The van der Waals surface area contributed by atoms with Crippen molar-refractivity contribution in [1.29, 1.82) is 0 Å².